The molecule has 0 unspecified atom stereocenters. The molecular formula is C16H14N4O. The molecule has 5 heteroatoms. The Hall–Kier alpha value is -2.82. The number of benzene rings is 1. The summed E-state index contributed by atoms with van der Waals surface area (Å²) < 4.78 is 0. The number of rotatable bonds is 2. The van der Waals surface area contributed by atoms with Crippen molar-refractivity contribution in [3.63, 3.8) is 0 Å². The molecule has 0 aliphatic rings. The van der Waals surface area contributed by atoms with Crippen LogP contribution in [0.3, 0.4) is 0 Å². The van der Waals surface area contributed by atoms with Crippen molar-refractivity contribution in [3.05, 3.63) is 59.7 Å². The van der Waals surface area contributed by atoms with Gasteiger partial charge in [0.05, 0.1) is 34.3 Å². The first-order chi connectivity index (χ1) is 10.1. The lowest BCUT2D eigenvalue weighted by atomic mass is 10.1. The second-order valence-corrected chi connectivity index (χ2v) is 4.79. The van der Waals surface area contributed by atoms with Crippen LogP contribution in [0.2, 0.25) is 0 Å². The number of hydrogen-bond acceptors (Lipinski definition) is 4. The predicted octanol–water partition coefficient (Wildman–Crippen LogP) is 2.89. The molecule has 2 aromatic heterocycles. The monoisotopic (exact) mass is 278 g/mol. The van der Waals surface area contributed by atoms with Gasteiger partial charge in [-0.2, -0.15) is 0 Å². The van der Waals surface area contributed by atoms with Crippen molar-refractivity contribution in [1.29, 1.82) is 0 Å². The molecule has 21 heavy (non-hydrogen) atoms. The Morgan fingerprint density at radius 1 is 1.05 bits per heavy atom. The molecule has 0 bridgehead atoms. The Morgan fingerprint density at radius 2 is 1.81 bits per heavy atom. The van der Waals surface area contributed by atoms with Crippen LogP contribution >= 0.6 is 0 Å². The molecule has 1 amide bonds. The molecule has 3 aromatic rings. The van der Waals surface area contributed by atoms with E-state index in [4.69, 9.17) is 0 Å². The molecule has 0 aliphatic heterocycles. The number of aryl methyl sites for hydroxylation is 2. The summed E-state index contributed by atoms with van der Waals surface area (Å²) in [5, 5.41) is 2.80. The van der Waals surface area contributed by atoms with Crippen LogP contribution in [0.25, 0.3) is 11.0 Å². The summed E-state index contributed by atoms with van der Waals surface area (Å²) in [6.07, 6.45) is 3.26. The van der Waals surface area contributed by atoms with E-state index in [2.05, 4.69) is 20.3 Å². The van der Waals surface area contributed by atoms with E-state index in [1.54, 1.807) is 36.7 Å². The molecule has 0 saturated carbocycles. The predicted molar refractivity (Wildman–Crippen MR) is 81.2 cm³/mol. The minimum absolute atomic E-state index is 0.190. The Bertz CT molecular complexity index is 815. The lowest BCUT2D eigenvalue weighted by Crippen LogP contribution is -2.12. The average molecular weight is 278 g/mol. The van der Waals surface area contributed by atoms with Gasteiger partial charge in [0.15, 0.2) is 0 Å². The normalized spacial score (nSPS) is 10.6. The highest BCUT2D eigenvalue weighted by atomic mass is 16.1. The lowest BCUT2D eigenvalue weighted by molar-refractivity contribution is 0.102. The molecule has 0 spiro atoms. The third-order valence-electron chi connectivity index (χ3n) is 3.26. The van der Waals surface area contributed by atoms with E-state index in [1.807, 2.05) is 19.9 Å². The fourth-order valence-corrected chi connectivity index (χ4v) is 2.01. The SMILES string of the molecule is Cc1nc2ccc(C(=O)Nc3cccnc3)cc2nc1C. The number of carbonyl (C=O) groups excluding carboxylic acids is 1. The Balaban J connectivity index is 1.93. The second-order valence-electron chi connectivity index (χ2n) is 4.79. The van der Waals surface area contributed by atoms with Gasteiger partial charge in [-0.25, -0.2) is 9.97 Å². The molecule has 2 heterocycles. The number of aromatic nitrogens is 3. The van der Waals surface area contributed by atoms with Crippen molar-refractivity contribution in [2.24, 2.45) is 0 Å². The van der Waals surface area contributed by atoms with Gasteiger partial charge >= 0.3 is 0 Å². The summed E-state index contributed by atoms with van der Waals surface area (Å²) in [5.74, 6) is -0.190. The van der Waals surface area contributed by atoms with Gasteiger partial charge in [-0.15, -0.1) is 0 Å². The zero-order valence-electron chi connectivity index (χ0n) is 11.8. The van der Waals surface area contributed by atoms with Crippen LogP contribution in [0.5, 0.6) is 0 Å². The van der Waals surface area contributed by atoms with Crippen molar-refractivity contribution >= 4 is 22.6 Å². The van der Waals surface area contributed by atoms with E-state index in [0.717, 1.165) is 22.4 Å². The molecule has 3 rings (SSSR count). The van der Waals surface area contributed by atoms with Crippen LogP contribution < -0.4 is 5.32 Å². The zero-order valence-corrected chi connectivity index (χ0v) is 11.8. The Labute approximate surface area is 122 Å². The van der Waals surface area contributed by atoms with Gasteiger partial charge < -0.3 is 5.32 Å². The van der Waals surface area contributed by atoms with Gasteiger partial charge in [0.2, 0.25) is 0 Å². The van der Waals surface area contributed by atoms with Crippen LogP contribution in [0.1, 0.15) is 21.7 Å². The van der Waals surface area contributed by atoms with Crippen LogP contribution in [-0.4, -0.2) is 20.9 Å². The summed E-state index contributed by atoms with van der Waals surface area (Å²) in [4.78, 5) is 25.1. The van der Waals surface area contributed by atoms with Gasteiger partial charge in [-0.1, -0.05) is 0 Å². The van der Waals surface area contributed by atoms with Crippen LogP contribution in [-0.2, 0) is 0 Å². The van der Waals surface area contributed by atoms with Crippen molar-refractivity contribution < 1.29 is 4.79 Å². The average Bonchev–Trinajstić information content (AvgIpc) is 2.49. The Morgan fingerprint density at radius 3 is 2.52 bits per heavy atom. The highest BCUT2D eigenvalue weighted by molar-refractivity contribution is 6.05. The topological polar surface area (TPSA) is 67.8 Å². The van der Waals surface area contributed by atoms with Crippen molar-refractivity contribution in [3.8, 4) is 0 Å². The fraction of sp³-hybridized carbons (Fsp3) is 0.125. The van der Waals surface area contributed by atoms with E-state index in [0.29, 0.717) is 11.3 Å². The van der Waals surface area contributed by atoms with E-state index in [9.17, 15) is 4.79 Å². The van der Waals surface area contributed by atoms with Crippen LogP contribution in [0, 0.1) is 13.8 Å². The minimum Gasteiger partial charge on any atom is -0.321 e. The summed E-state index contributed by atoms with van der Waals surface area (Å²) in [6.45, 7) is 3.83. The Kier molecular flexibility index (Phi) is 3.31. The number of nitrogens with zero attached hydrogens (tertiary/aromatic N) is 3. The smallest absolute Gasteiger partial charge is 0.255 e. The van der Waals surface area contributed by atoms with Crippen LogP contribution in [0.4, 0.5) is 5.69 Å². The quantitative estimate of drug-likeness (QED) is 0.782. The highest BCUT2D eigenvalue weighted by Gasteiger charge is 2.09. The lowest BCUT2D eigenvalue weighted by Gasteiger charge is -2.06. The molecule has 104 valence electrons. The van der Waals surface area contributed by atoms with Crippen molar-refractivity contribution in [2.45, 2.75) is 13.8 Å². The third kappa shape index (κ3) is 2.72. The molecule has 5 nitrogen and oxygen atoms in total. The molecule has 0 saturated heterocycles. The molecule has 0 radical (unpaired) electrons. The molecule has 1 N–H and O–H groups in total. The number of carbonyl (C=O) groups is 1. The van der Waals surface area contributed by atoms with Gasteiger partial charge in [0, 0.05) is 11.8 Å². The first-order valence-corrected chi connectivity index (χ1v) is 6.60. The van der Waals surface area contributed by atoms with E-state index >= 15 is 0 Å². The summed E-state index contributed by atoms with van der Waals surface area (Å²) in [5.41, 5.74) is 4.48. The highest BCUT2D eigenvalue weighted by Crippen LogP contribution is 2.15. The molecule has 1 aromatic carbocycles. The summed E-state index contributed by atoms with van der Waals surface area (Å²) >= 11 is 0. The maximum absolute atomic E-state index is 12.2. The van der Waals surface area contributed by atoms with Gasteiger partial charge in [-0.3, -0.25) is 9.78 Å². The first-order valence-electron chi connectivity index (χ1n) is 6.60. The van der Waals surface area contributed by atoms with Gasteiger partial charge in [-0.05, 0) is 44.2 Å². The number of amides is 1. The van der Waals surface area contributed by atoms with Crippen LogP contribution in [0.15, 0.2) is 42.7 Å². The molecule has 0 fully saturated rings. The van der Waals surface area contributed by atoms with Gasteiger partial charge in [0.1, 0.15) is 0 Å². The number of fused-ring (bicyclic) bond motifs is 1. The molecule has 0 atom stereocenters. The minimum atomic E-state index is -0.190. The number of anilines is 1. The number of pyridine rings is 1. The number of hydrogen-bond donors (Lipinski definition) is 1. The number of nitrogens with one attached hydrogen (secondary N) is 1. The first kappa shape index (κ1) is 13.2. The fourth-order valence-electron chi connectivity index (χ4n) is 2.01. The van der Waals surface area contributed by atoms with E-state index in [1.165, 1.54) is 0 Å². The summed E-state index contributed by atoms with van der Waals surface area (Å²) in [6, 6.07) is 8.87. The standard InChI is InChI=1S/C16H14N4O/c1-10-11(2)19-15-8-12(5-6-14(15)18-10)16(21)20-13-4-3-7-17-9-13/h3-9H,1-2H3,(H,20,21). The van der Waals surface area contributed by atoms with Crippen molar-refractivity contribution in [2.75, 3.05) is 5.32 Å². The zero-order chi connectivity index (χ0) is 14.8. The van der Waals surface area contributed by atoms with E-state index < -0.39 is 0 Å². The van der Waals surface area contributed by atoms with Gasteiger partial charge in [0.25, 0.3) is 5.91 Å². The summed E-state index contributed by atoms with van der Waals surface area (Å²) in [7, 11) is 0. The van der Waals surface area contributed by atoms with E-state index in [-0.39, 0.29) is 5.91 Å². The molecule has 0 aliphatic carbocycles. The van der Waals surface area contributed by atoms with Crippen molar-refractivity contribution in [1.82, 2.24) is 15.0 Å². The molecular weight excluding hydrogens is 264 g/mol. The second kappa shape index (κ2) is 5.28. The maximum Gasteiger partial charge on any atom is 0.255 e. The maximum atomic E-state index is 12.2. The largest absolute Gasteiger partial charge is 0.321 e. The third-order valence-corrected chi connectivity index (χ3v) is 3.26.